The van der Waals surface area contributed by atoms with Crippen molar-refractivity contribution in [2.24, 2.45) is 0 Å². The lowest BCUT2D eigenvalue weighted by Crippen LogP contribution is -2.08. The van der Waals surface area contributed by atoms with Crippen molar-refractivity contribution < 1.29 is 9.53 Å². The lowest BCUT2D eigenvalue weighted by molar-refractivity contribution is -0.144. The molecular formula is C20H33ClO2. The van der Waals surface area contributed by atoms with Gasteiger partial charge in [-0.2, -0.15) is 0 Å². The largest absolute Gasteiger partial charge is 0.446 e. The summed E-state index contributed by atoms with van der Waals surface area (Å²) in [5.74, 6) is -0.186. The minimum absolute atomic E-state index is 0.186. The molecule has 0 saturated heterocycles. The number of ether oxygens (including phenoxy) is 1. The van der Waals surface area contributed by atoms with Gasteiger partial charge in [0.1, 0.15) is 0 Å². The summed E-state index contributed by atoms with van der Waals surface area (Å²) in [7, 11) is 0. The first-order valence-corrected chi connectivity index (χ1v) is 9.39. The van der Waals surface area contributed by atoms with Crippen LogP contribution in [0, 0.1) is 0 Å². The first-order chi connectivity index (χ1) is 11.2. The Kier molecular flexibility index (Phi) is 16.6. The highest BCUT2D eigenvalue weighted by Crippen LogP contribution is 2.09. The van der Waals surface area contributed by atoms with Crippen LogP contribution >= 0.6 is 11.6 Å². The van der Waals surface area contributed by atoms with E-state index in [1.54, 1.807) is 6.92 Å². The molecule has 0 bridgehead atoms. The number of allylic oxidation sites excluding steroid dienone is 6. The van der Waals surface area contributed by atoms with E-state index in [9.17, 15) is 4.79 Å². The number of hydrogen-bond donors (Lipinski definition) is 0. The third kappa shape index (κ3) is 18.9. The van der Waals surface area contributed by atoms with Gasteiger partial charge in [-0.1, -0.05) is 74.2 Å². The van der Waals surface area contributed by atoms with Crippen LogP contribution in [0.2, 0.25) is 0 Å². The van der Waals surface area contributed by atoms with Crippen molar-refractivity contribution in [3.63, 3.8) is 0 Å². The van der Waals surface area contributed by atoms with Gasteiger partial charge in [0.2, 0.25) is 0 Å². The van der Waals surface area contributed by atoms with E-state index in [0.717, 1.165) is 38.5 Å². The van der Waals surface area contributed by atoms with E-state index in [4.69, 9.17) is 16.3 Å². The van der Waals surface area contributed by atoms with Crippen LogP contribution in [0.25, 0.3) is 0 Å². The first-order valence-electron chi connectivity index (χ1n) is 8.95. The number of unbranched alkanes of at least 4 members (excludes halogenated alkanes) is 5. The quantitative estimate of drug-likeness (QED) is 0.152. The zero-order valence-corrected chi connectivity index (χ0v) is 15.6. The van der Waals surface area contributed by atoms with Crippen LogP contribution in [0.3, 0.4) is 0 Å². The predicted molar refractivity (Wildman–Crippen MR) is 101 cm³/mol. The average Bonchev–Trinajstić information content (AvgIpc) is 2.50. The molecule has 0 radical (unpaired) electrons. The smallest absolute Gasteiger partial charge is 0.307 e. The third-order valence-corrected chi connectivity index (χ3v) is 3.41. The van der Waals surface area contributed by atoms with E-state index in [0.29, 0.717) is 6.42 Å². The zero-order valence-electron chi connectivity index (χ0n) is 14.8. The molecule has 0 aromatic heterocycles. The summed E-state index contributed by atoms with van der Waals surface area (Å²) < 4.78 is 4.88. The molecule has 3 heteroatoms. The SMILES string of the molecule is CC/C=C/C/C=C/C/C=C/CCCCCCCC(=O)OC(C)Cl. The van der Waals surface area contributed by atoms with Crippen LogP contribution in [0.5, 0.6) is 0 Å². The van der Waals surface area contributed by atoms with Gasteiger partial charge in [-0.25, -0.2) is 0 Å². The second-order valence-electron chi connectivity index (χ2n) is 5.63. The number of carbonyl (C=O) groups excluding carboxylic acids is 1. The Morgan fingerprint density at radius 2 is 1.48 bits per heavy atom. The standard InChI is InChI=1S/C20H33ClO2/c1-3-4-5-6-7-8-9-10-11-12-13-14-15-16-17-18-20(22)23-19(2)21/h4-5,7-8,10-11,19H,3,6,9,12-18H2,1-2H3/b5-4+,8-7+,11-10+. The van der Waals surface area contributed by atoms with Crippen LogP contribution in [0.1, 0.15) is 78.1 Å². The number of carbonyl (C=O) groups is 1. The van der Waals surface area contributed by atoms with E-state index in [2.05, 4.69) is 43.4 Å². The molecule has 0 spiro atoms. The molecule has 0 aliphatic rings. The summed E-state index contributed by atoms with van der Waals surface area (Å²) >= 11 is 5.59. The topological polar surface area (TPSA) is 26.3 Å². The lowest BCUT2D eigenvalue weighted by Gasteiger charge is -2.05. The summed E-state index contributed by atoms with van der Waals surface area (Å²) in [5, 5.41) is 0. The average molecular weight is 341 g/mol. The van der Waals surface area contributed by atoms with Gasteiger partial charge in [0.05, 0.1) is 0 Å². The molecule has 0 saturated carbocycles. The maximum Gasteiger partial charge on any atom is 0.307 e. The van der Waals surface area contributed by atoms with Crippen molar-refractivity contribution in [1.29, 1.82) is 0 Å². The molecule has 0 rings (SSSR count). The second-order valence-corrected chi connectivity index (χ2v) is 6.25. The Morgan fingerprint density at radius 3 is 2.13 bits per heavy atom. The minimum Gasteiger partial charge on any atom is -0.446 e. The number of rotatable bonds is 14. The number of hydrogen-bond acceptors (Lipinski definition) is 2. The van der Waals surface area contributed by atoms with Crippen molar-refractivity contribution in [3.05, 3.63) is 36.5 Å². The molecule has 1 unspecified atom stereocenters. The van der Waals surface area contributed by atoms with Crippen molar-refractivity contribution in [3.8, 4) is 0 Å². The molecular weight excluding hydrogens is 308 g/mol. The maximum absolute atomic E-state index is 11.3. The fourth-order valence-electron chi connectivity index (χ4n) is 2.13. The monoisotopic (exact) mass is 340 g/mol. The second kappa shape index (κ2) is 17.3. The van der Waals surface area contributed by atoms with Crippen LogP contribution < -0.4 is 0 Å². The Labute approximate surface area is 147 Å². The summed E-state index contributed by atoms with van der Waals surface area (Å²) in [6.45, 7) is 3.81. The van der Waals surface area contributed by atoms with Crippen LogP contribution in [0.4, 0.5) is 0 Å². The predicted octanol–water partition coefficient (Wildman–Crippen LogP) is 6.70. The zero-order chi connectivity index (χ0) is 17.2. The van der Waals surface area contributed by atoms with Gasteiger partial charge in [0.15, 0.2) is 5.56 Å². The Morgan fingerprint density at radius 1 is 0.913 bits per heavy atom. The highest BCUT2D eigenvalue weighted by molar-refractivity contribution is 6.19. The molecule has 23 heavy (non-hydrogen) atoms. The minimum atomic E-state index is -0.517. The molecule has 0 aliphatic heterocycles. The molecule has 2 nitrogen and oxygen atoms in total. The van der Waals surface area contributed by atoms with Crippen LogP contribution in [-0.2, 0) is 9.53 Å². The van der Waals surface area contributed by atoms with Crippen molar-refractivity contribution in [1.82, 2.24) is 0 Å². The van der Waals surface area contributed by atoms with Crippen molar-refractivity contribution in [2.45, 2.75) is 83.6 Å². The fraction of sp³-hybridized carbons (Fsp3) is 0.650. The highest BCUT2D eigenvalue weighted by Gasteiger charge is 2.05. The van der Waals surface area contributed by atoms with Gasteiger partial charge < -0.3 is 4.74 Å². The molecule has 0 N–H and O–H groups in total. The molecule has 0 amide bonds. The number of halogens is 1. The van der Waals surface area contributed by atoms with Gasteiger partial charge in [0, 0.05) is 6.42 Å². The van der Waals surface area contributed by atoms with E-state index < -0.39 is 5.56 Å². The first kappa shape index (κ1) is 22.0. The van der Waals surface area contributed by atoms with Crippen molar-refractivity contribution in [2.75, 3.05) is 0 Å². The Balaban J connectivity index is 3.31. The van der Waals surface area contributed by atoms with E-state index in [1.807, 2.05) is 0 Å². The number of esters is 1. The van der Waals surface area contributed by atoms with Gasteiger partial charge in [-0.15, -0.1) is 0 Å². The third-order valence-electron chi connectivity index (χ3n) is 3.33. The summed E-state index contributed by atoms with van der Waals surface area (Å²) in [5.41, 5.74) is -0.517. The van der Waals surface area contributed by atoms with Gasteiger partial charge >= 0.3 is 5.97 Å². The fourth-order valence-corrected chi connectivity index (χ4v) is 2.23. The molecule has 0 aromatic rings. The Bertz CT molecular complexity index is 357. The maximum atomic E-state index is 11.3. The van der Waals surface area contributed by atoms with Crippen LogP contribution in [0.15, 0.2) is 36.5 Å². The molecule has 0 fully saturated rings. The lowest BCUT2D eigenvalue weighted by atomic mass is 10.1. The summed E-state index contributed by atoms with van der Waals surface area (Å²) in [4.78, 5) is 11.3. The molecule has 0 aromatic carbocycles. The van der Waals surface area contributed by atoms with Crippen LogP contribution in [-0.4, -0.2) is 11.5 Å². The van der Waals surface area contributed by atoms with E-state index in [1.165, 1.54) is 19.3 Å². The van der Waals surface area contributed by atoms with E-state index >= 15 is 0 Å². The van der Waals surface area contributed by atoms with E-state index in [-0.39, 0.29) is 5.97 Å². The summed E-state index contributed by atoms with van der Waals surface area (Å²) in [6.07, 6.45) is 23.8. The molecule has 0 heterocycles. The van der Waals surface area contributed by atoms with Gasteiger partial charge in [0.25, 0.3) is 0 Å². The van der Waals surface area contributed by atoms with Crippen molar-refractivity contribution >= 4 is 17.6 Å². The number of alkyl halides is 1. The highest BCUT2D eigenvalue weighted by atomic mass is 35.5. The normalized spacial score (nSPS) is 13.3. The van der Waals surface area contributed by atoms with Gasteiger partial charge in [-0.05, 0) is 45.4 Å². The van der Waals surface area contributed by atoms with Gasteiger partial charge in [-0.3, -0.25) is 4.79 Å². The molecule has 1 atom stereocenters. The molecule has 132 valence electrons. The Hall–Kier alpha value is -1.02. The molecule has 0 aliphatic carbocycles. The summed E-state index contributed by atoms with van der Waals surface area (Å²) in [6, 6.07) is 0.